The van der Waals surface area contributed by atoms with Crippen molar-refractivity contribution in [2.75, 3.05) is 0 Å². The third-order valence-corrected chi connectivity index (χ3v) is 3.53. The molecule has 0 saturated carbocycles. The van der Waals surface area contributed by atoms with E-state index in [1.165, 1.54) is 12.8 Å². The first-order chi connectivity index (χ1) is 5.33. The van der Waals surface area contributed by atoms with E-state index in [2.05, 4.69) is 16.5 Å². The Morgan fingerprint density at radius 1 is 1.64 bits per heavy atom. The van der Waals surface area contributed by atoms with Crippen molar-refractivity contribution < 1.29 is 0 Å². The van der Waals surface area contributed by atoms with Gasteiger partial charge in [0.2, 0.25) is 0 Å². The van der Waals surface area contributed by atoms with Gasteiger partial charge in [0, 0.05) is 0 Å². The maximum absolute atomic E-state index is 3.99. The molecule has 0 aliphatic heterocycles. The van der Waals surface area contributed by atoms with Crippen LogP contribution >= 0.6 is 0 Å². The van der Waals surface area contributed by atoms with E-state index in [1.807, 2.05) is 35.6 Å². The fourth-order valence-corrected chi connectivity index (χ4v) is 1.25. The first-order valence-electron chi connectivity index (χ1n) is 4.04. The molecule has 1 heterocycles. The predicted octanol–water partition coefficient (Wildman–Crippen LogP) is 1.10. The van der Waals surface area contributed by atoms with E-state index < -0.39 is 0 Å². The van der Waals surface area contributed by atoms with Crippen LogP contribution in [0.3, 0.4) is 0 Å². The average molecular weight is 214 g/mol. The Morgan fingerprint density at radius 3 is 3.00 bits per heavy atom. The van der Waals surface area contributed by atoms with Crippen molar-refractivity contribution in [3.8, 4) is 0 Å². The summed E-state index contributed by atoms with van der Waals surface area (Å²) < 4.78 is 3.03. The molecule has 1 aromatic rings. The molecular formula is C8H15AsN2. The quantitative estimate of drug-likeness (QED) is 0.686. The SMILES string of the molecule is CCC([AsH2])CCn1ccnc1. The number of imidazole rings is 1. The third kappa shape index (κ3) is 3.11. The van der Waals surface area contributed by atoms with Crippen molar-refractivity contribution in [3.63, 3.8) is 0 Å². The molecule has 11 heavy (non-hydrogen) atoms. The zero-order valence-corrected chi connectivity index (χ0v) is 9.33. The Kier molecular flexibility index (Phi) is 3.71. The molecule has 0 saturated heterocycles. The van der Waals surface area contributed by atoms with Gasteiger partial charge in [-0.1, -0.05) is 0 Å². The van der Waals surface area contributed by atoms with Crippen molar-refractivity contribution in [3.05, 3.63) is 18.7 Å². The van der Waals surface area contributed by atoms with Crippen molar-refractivity contribution >= 4 is 16.9 Å². The fraction of sp³-hybridized carbons (Fsp3) is 0.625. The van der Waals surface area contributed by atoms with Crippen molar-refractivity contribution in [2.45, 2.75) is 31.0 Å². The van der Waals surface area contributed by atoms with Gasteiger partial charge < -0.3 is 0 Å². The Balaban J connectivity index is 2.23. The second kappa shape index (κ2) is 4.61. The molecule has 2 atom stereocenters. The monoisotopic (exact) mass is 214 g/mol. The molecule has 3 heteroatoms. The number of hydrogen-bond donors (Lipinski definition) is 0. The van der Waals surface area contributed by atoms with Gasteiger partial charge in [0.15, 0.2) is 0 Å². The van der Waals surface area contributed by atoms with Crippen molar-refractivity contribution in [1.29, 1.82) is 0 Å². The van der Waals surface area contributed by atoms with E-state index >= 15 is 0 Å². The van der Waals surface area contributed by atoms with E-state index in [1.54, 1.807) is 0 Å². The zero-order chi connectivity index (χ0) is 8.10. The minimum absolute atomic E-state index is 0.893. The number of hydrogen-bond acceptors (Lipinski definition) is 1. The van der Waals surface area contributed by atoms with E-state index in [4.69, 9.17) is 0 Å². The maximum atomic E-state index is 3.99. The van der Waals surface area contributed by atoms with Gasteiger partial charge in [0.1, 0.15) is 0 Å². The summed E-state index contributed by atoms with van der Waals surface area (Å²) in [5, 5.41) is 0. The molecule has 0 aliphatic rings. The summed E-state index contributed by atoms with van der Waals surface area (Å²) in [6.07, 6.45) is 8.33. The molecule has 2 nitrogen and oxygen atoms in total. The Hall–Kier alpha value is -0.232. The summed E-state index contributed by atoms with van der Waals surface area (Å²) in [5.74, 6) is 0. The van der Waals surface area contributed by atoms with Crippen LogP contribution in [-0.4, -0.2) is 26.4 Å². The summed E-state index contributed by atoms with van der Waals surface area (Å²) >= 11 is 1.86. The minimum atomic E-state index is 0.893. The van der Waals surface area contributed by atoms with Gasteiger partial charge >= 0.3 is 76.1 Å². The van der Waals surface area contributed by atoms with E-state index in [9.17, 15) is 0 Å². The van der Waals surface area contributed by atoms with Crippen LogP contribution < -0.4 is 0 Å². The van der Waals surface area contributed by atoms with Crippen LogP contribution in [-0.2, 0) is 6.54 Å². The summed E-state index contributed by atoms with van der Waals surface area (Å²) in [5.41, 5.74) is 0. The molecule has 0 spiro atoms. The molecule has 1 aromatic heterocycles. The summed E-state index contributed by atoms with van der Waals surface area (Å²) in [4.78, 5) is 3.99. The zero-order valence-electron chi connectivity index (χ0n) is 6.90. The topological polar surface area (TPSA) is 17.8 Å². The second-order valence-corrected chi connectivity index (χ2v) is 4.74. The molecule has 2 unspecified atom stereocenters. The number of aryl methyl sites for hydroxylation is 1. The van der Waals surface area contributed by atoms with Crippen LogP contribution in [0.15, 0.2) is 18.7 Å². The van der Waals surface area contributed by atoms with Crippen molar-refractivity contribution in [2.24, 2.45) is 0 Å². The first kappa shape index (κ1) is 8.86. The summed E-state index contributed by atoms with van der Waals surface area (Å²) in [7, 11) is 0. The molecule has 0 aliphatic carbocycles. The predicted molar refractivity (Wildman–Crippen MR) is 49.4 cm³/mol. The molecule has 62 valence electrons. The Morgan fingerprint density at radius 2 is 2.45 bits per heavy atom. The molecule has 0 radical (unpaired) electrons. The average Bonchev–Trinajstić information content (AvgIpc) is 2.52. The van der Waals surface area contributed by atoms with Gasteiger partial charge in [0.25, 0.3) is 0 Å². The van der Waals surface area contributed by atoms with Gasteiger partial charge in [-0.25, -0.2) is 0 Å². The van der Waals surface area contributed by atoms with Gasteiger partial charge in [-0.3, -0.25) is 0 Å². The van der Waals surface area contributed by atoms with Crippen molar-refractivity contribution in [1.82, 2.24) is 9.55 Å². The number of aromatic nitrogens is 2. The van der Waals surface area contributed by atoms with Crippen LogP contribution in [0, 0.1) is 0 Å². The van der Waals surface area contributed by atoms with Crippen LogP contribution in [0.25, 0.3) is 0 Å². The summed E-state index contributed by atoms with van der Waals surface area (Å²) in [6, 6.07) is 0. The van der Waals surface area contributed by atoms with Crippen LogP contribution in [0.5, 0.6) is 0 Å². The van der Waals surface area contributed by atoms with E-state index in [0.717, 1.165) is 11.3 Å². The van der Waals surface area contributed by atoms with E-state index in [-0.39, 0.29) is 0 Å². The molecule has 0 N–H and O–H groups in total. The van der Waals surface area contributed by atoms with Crippen LogP contribution in [0.2, 0.25) is 4.71 Å². The molecule has 0 aromatic carbocycles. The molecule has 1 rings (SSSR count). The molecule has 0 amide bonds. The van der Waals surface area contributed by atoms with Crippen LogP contribution in [0.4, 0.5) is 0 Å². The van der Waals surface area contributed by atoms with E-state index in [0.29, 0.717) is 0 Å². The Bertz CT molecular complexity index is 184. The van der Waals surface area contributed by atoms with Crippen LogP contribution in [0.1, 0.15) is 19.8 Å². The normalized spacial score (nSPS) is 13.3. The molecule has 0 bridgehead atoms. The first-order valence-corrected chi connectivity index (χ1v) is 5.44. The van der Waals surface area contributed by atoms with Gasteiger partial charge in [-0.2, -0.15) is 0 Å². The Labute approximate surface area is 76.5 Å². The van der Waals surface area contributed by atoms with Gasteiger partial charge in [-0.15, -0.1) is 0 Å². The standard InChI is InChI=1S/C8H15AsN2/c1-2-8(9)3-5-11-6-4-10-7-11/h4,6-8H,2-3,5,9H2,1H3. The summed E-state index contributed by atoms with van der Waals surface area (Å²) in [6.45, 7) is 3.37. The molecular weight excluding hydrogens is 199 g/mol. The molecule has 0 fully saturated rings. The van der Waals surface area contributed by atoms with Gasteiger partial charge in [0.05, 0.1) is 0 Å². The van der Waals surface area contributed by atoms with Gasteiger partial charge in [-0.05, 0) is 0 Å². The second-order valence-electron chi connectivity index (χ2n) is 2.76. The number of nitrogens with zero attached hydrogens (tertiary/aromatic N) is 2. The third-order valence-electron chi connectivity index (χ3n) is 1.84. The fourth-order valence-electron chi connectivity index (χ4n) is 0.938. The number of rotatable bonds is 4.